The van der Waals surface area contributed by atoms with Gasteiger partial charge >= 0.3 is 0 Å². The average molecular weight is 498 g/mol. The van der Waals surface area contributed by atoms with E-state index in [1.807, 2.05) is 26.1 Å². The summed E-state index contributed by atoms with van der Waals surface area (Å²) in [7, 11) is -1.78. The number of aliphatic hydroxyl groups excluding tert-OH is 1. The van der Waals surface area contributed by atoms with Gasteiger partial charge in [-0.1, -0.05) is 22.9 Å². The normalized spacial score (nSPS) is 22.6. The van der Waals surface area contributed by atoms with Gasteiger partial charge in [0.25, 0.3) is 0 Å². The molecule has 164 valence electrons. The van der Waals surface area contributed by atoms with Crippen molar-refractivity contribution in [2.45, 2.75) is 37.4 Å². The molecule has 0 amide bonds. The Labute approximate surface area is 186 Å². The largest absolute Gasteiger partial charge is 0.487 e. The van der Waals surface area contributed by atoms with E-state index in [2.05, 4.69) is 25.8 Å². The molecule has 0 saturated carbocycles. The van der Waals surface area contributed by atoms with Gasteiger partial charge in [-0.15, -0.1) is 0 Å². The number of aliphatic hydroxyl groups is 1. The highest BCUT2D eigenvalue weighted by molar-refractivity contribution is 9.10. The fourth-order valence-corrected chi connectivity index (χ4v) is 5.75. The van der Waals surface area contributed by atoms with Crippen molar-refractivity contribution in [3.05, 3.63) is 52.8 Å². The average Bonchev–Trinajstić information content (AvgIpc) is 2.70. The number of nitrogens with zero attached hydrogens (tertiary/aromatic N) is 3. The number of aromatic nitrogens is 1. The first-order valence-electron chi connectivity index (χ1n) is 9.88. The first-order valence-corrected chi connectivity index (χ1v) is 12.1. The van der Waals surface area contributed by atoms with Gasteiger partial charge in [-0.2, -0.15) is 4.31 Å². The molecule has 0 aliphatic carbocycles. The van der Waals surface area contributed by atoms with Crippen LogP contribution in [0.2, 0.25) is 0 Å². The predicted octanol–water partition coefficient (Wildman–Crippen LogP) is 2.74. The number of halogens is 1. The zero-order chi connectivity index (χ0) is 21.9. The summed E-state index contributed by atoms with van der Waals surface area (Å²) in [5.74, 6) is 0.245. The van der Waals surface area contributed by atoms with Crippen molar-refractivity contribution in [3.63, 3.8) is 0 Å². The van der Waals surface area contributed by atoms with E-state index in [0.717, 1.165) is 16.6 Å². The number of likely N-dealkylation sites (N-methyl/N-ethyl adjacent to an activating group) is 1. The van der Waals surface area contributed by atoms with Crippen molar-refractivity contribution in [2.75, 3.05) is 26.7 Å². The van der Waals surface area contributed by atoms with Crippen LogP contribution in [0.1, 0.15) is 19.4 Å². The maximum absolute atomic E-state index is 13.3. The van der Waals surface area contributed by atoms with Crippen molar-refractivity contribution in [3.8, 4) is 5.75 Å². The summed E-state index contributed by atoms with van der Waals surface area (Å²) in [5, 5.41) is 9.68. The molecule has 1 aliphatic rings. The van der Waals surface area contributed by atoms with Crippen LogP contribution in [-0.2, 0) is 16.6 Å². The lowest BCUT2D eigenvalue weighted by Crippen LogP contribution is -2.49. The van der Waals surface area contributed by atoms with Crippen LogP contribution in [0.15, 0.2) is 52.1 Å². The molecular weight excluding hydrogens is 470 g/mol. The molecule has 1 aromatic carbocycles. The smallest absolute Gasteiger partial charge is 0.247 e. The van der Waals surface area contributed by atoms with Gasteiger partial charge in [0.2, 0.25) is 10.0 Å². The van der Waals surface area contributed by atoms with Gasteiger partial charge in [-0.3, -0.25) is 9.88 Å². The zero-order valence-electron chi connectivity index (χ0n) is 17.4. The Kier molecular flexibility index (Phi) is 7.52. The molecular formula is C21H28BrN3O4S. The molecule has 2 aromatic rings. The highest BCUT2D eigenvalue weighted by atomic mass is 79.9. The van der Waals surface area contributed by atoms with Crippen LogP contribution in [-0.4, -0.2) is 66.6 Å². The van der Waals surface area contributed by atoms with Gasteiger partial charge in [0, 0.05) is 48.5 Å². The Hall–Kier alpha value is -1.52. The summed E-state index contributed by atoms with van der Waals surface area (Å²) >= 11 is 3.42. The second-order valence-electron chi connectivity index (χ2n) is 7.88. The van der Waals surface area contributed by atoms with Gasteiger partial charge in [0.1, 0.15) is 16.7 Å². The molecule has 0 fully saturated rings. The van der Waals surface area contributed by atoms with E-state index in [1.54, 1.807) is 37.5 Å². The number of ether oxygens (including phenoxy) is 1. The van der Waals surface area contributed by atoms with E-state index in [-0.39, 0.29) is 30.1 Å². The van der Waals surface area contributed by atoms with Crippen LogP contribution in [0.4, 0.5) is 0 Å². The Morgan fingerprint density at radius 1 is 1.33 bits per heavy atom. The van der Waals surface area contributed by atoms with E-state index in [4.69, 9.17) is 4.74 Å². The van der Waals surface area contributed by atoms with Crippen molar-refractivity contribution in [1.29, 1.82) is 0 Å². The number of hydrogen-bond acceptors (Lipinski definition) is 6. The zero-order valence-corrected chi connectivity index (χ0v) is 19.8. The first kappa shape index (κ1) is 23.1. The van der Waals surface area contributed by atoms with Crippen molar-refractivity contribution in [2.24, 2.45) is 5.92 Å². The van der Waals surface area contributed by atoms with E-state index in [0.29, 0.717) is 12.3 Å². The summed E-state index contributed by atoms with van der Waals surface area (Å²) in [4.78, 5) is 6.33. The molecule has 1 aliphatic heterocycles. The van der Waals surface area contributed by atoms with Gasteiger partial charge in [0.05, 0.1) is 6.61 Å². The highest BCUT2D eigenvalue weighted by Crippen LogP contribution is 2.35. The fraction of sp³-hybridized carbons (Fsp3) is 0.476. The molecule has 0 saturated heterocycles. The molecule has 9 heteroatoms. The van der Waals surface area contributed by atoms with Crippen LogP contribution in [0.5, 0.6) is 5.75 Å². The molecule has 2 heterocycles. The Bertz CT molecular complexity index is 958. The lowest BCUT2D eigenvalue weighted by molar-refractivity contribution is 0.0733. The predicted molar refractivity (Wildman–Crippen MR) is 119 cm³/mol. The van der Waals surface area contributed by atoms with Crippen LogP contribution < -0.4 is 4.74 Å². The van der Waals surface area contributed by atoms with E-state index in [9.17, 15) is 13.5 Å². The summed E-state index contributed by atoms with van der Waals surface area (Å²) in [5.41, 5.74) is 1.15. The second kappa shape index (κ2) is 9.74. The van der Waals surface area contributed by atoms with Crippen molar-refractivity contribution < 1.29 is 18.3 Å². The molecule has 3 rings (SSSR count). The number of rotatable bonds is 6. The minimum absolute atomic E-state index is 0.0826. The van der Waals surface area contributed by atoms with Gasteiger partial charge in [-0.05, 0) is 49.9 Å². The molecule has 1 aromatic heterocycles. The van der Waals surface area contributed by atoms with Gasteiger partial charge < -0.3 is 9.84 Å². The topological polar surface area (TPSA) is 83.0 Å². The van der Waals surface area contributed by atoms with Crippen LogP contribution in [0.25, 0.3) is 0 Å². The van der Waals surface area contributed by atoms with E-state index in [1.165, 1.54) is 4.31 Å². The fourth-order valence-electron chi connectivity index (χ4n) is 3.59. The summed E-state index contributed by atoms with van der Waals surface area (Å²) in [6.45, 7) is 5.08. The lowest BCUT2D eigenvalue weighted by Gasteiger charge is -2.37. The summed E-state index contributed by atoms with van der Waals surface area (Å²) < 4.78 is 35.0. The van der Waals surface area contributed by atoms with Crippen LogP contribution in [0.3, 0.4) is 0 Å². The third-order valence-electron chi connectivity index (χ3n) is 5.32. The molecule has 0 unspecified atom stereocenters. The molecule has 0 spiro atoms. The van der Waals surface area contributed by atoms with Crippen molar-refractivity contribution >= 4 is 26.0 Å². The maximum Gasteiger partial charge on any atom is 0.247 e. The number of benzene rings is 1. The Morgan fingerprint density at radius 3 is 2.70 bits per heavy atom. The quantitative estimate of drug-likeness (QED) is 0.660. The van der Waals surface area contributed by atoms with Crippen molar-refractivity contribution in [1.82, 2.24) is 14.2 Å². The van der Waals surface area contributed by atoms with Crippen LogP contribution >= 0.6 is 15.9 Å². The monoisotopic (exact) mass is 497 g/mol. The van der Waals surface area contributed by atoms with E-state index < -0.39 is 16.1 Å². The second-order valence-corrected chi connectivity index (χ2v) is 10.7. The Morgan fingerprint density at radius 2 is 2.03 bits per heavy atom. The Balaban J connectivity index is 1.92. The molecule has 3 atom stereocenters. The number of pyridine rings is 1. The first-order chi connectivity index (χ1) is 14.2. The molecule has 30 heavy (non-hydrogen) atoms. The molecule has 7 nitrogen and oxygen atoms in total. The molecule has 1 N–H and O–H groups in total. The van der Waals surface area contributed by atoms with E-state index >= 15 is 0 Å². The number of hydrogen-bond donors (Lipinski definition) is 1. The minimum atomic E-state index is -3.80. The maximum atomic E-state index is 13.3. The lowest BCUT2D eigenvalue weighted by atomic mass is 10.0. The third kappa shape index (κ3) is 5.20. The summed E-state index contributed by atoms with van der Waals surface area (Å²) in [6, 6.07) is 8.37. The number of sulfonamides is 1. The number of fused-ring (bicyclic) bond motifs is 1. The van der Waals surface area contributed by atoms with Gasteiger partial charge in [0.15, 0.2) is 0 Å². The SMILES string of the molecule is C[C@@H]1CN([C@@H](C)CO)S(=O)(=O)c2ccc(Br)cc2O[C@@H]1CN(C)Cc1ccncc1. The molecule has 0 bridgehead atoms. The standard InChI is InChI=1S/C21H28BrN3O4S/c1-15-11-25(16(2)14-26)30(27,28)21-5-4-18(22)10-19(21)29-20(15)13-24(3)12-17-6-8-23-9-7-17/h4-10,15-16,20,26H,11-14H2,1-3H3/t15-,16+,20-/m1/s1. The molecule has 0 radical (unpaired) electrons. The highest BCUT2D eigenvalue weighted by Gasteiger charge is 2.38. The summed E-state index contributed by atoms with van der Waals surface area (Å²) in [6.07, 6.45) is 3.31. The minimum Gasteiger partial charge on any atom is -0.487 e. The van der Waals surface area contributed by atoms with Crippen LogP contribution in [0, 0.1) is 5.92 Å². The van der Waals surface area contributed by atoms with Gasteiger partial charge in [-0.25, -0.2) is 8.42 Å². The third-order valence-corrected chi connectivity index (χ3v) is 7.84.